The van der Waals surface area contributed by atoms with E-state index in [0.717, 1.165) is 24.5 Å². The fourth-order valence-corrected chi connectivity index (χ4v) is 2.79. The molecule has 2 aromatic heterocycles. The number of carbonyl (C=O) groups is 2. The Morgan fingerprint density at radius 1 is 1.46 bits per heavy atom. The molecule has 0 aliphatic carbocycles. The van der Waals surface area contributed by atoms with Crippen LogP contribution in [0.4, 0.5) is 5.13 Å². The maximum Gasteiger partial charge on any atom is 0.273 e. The van der Waals surface area contributed by atoms with E-state index >= 15 is 0 Å². The number of nitrogens with zero attached hydrogens (tertiary/aromatic N) is 2. The third-order valence-corrected chi connectivity index (χ3v) is 4.17. The van der Waals surface area contributed by atoms with E-state index in [-0.39, 0.29) is 25.4 Å². The summed E-state index contributed by atoms with van der Waals surface area (Å²) in [6.07, 6.45) is 3.78. The molecule has 0 aromatic carbocycles. The first kappa shape index (κ1) is 18.0. The Morgan fingerprint density at radius 2 is 2.29 bits per heavy atom. The first-order valence-corrected chi connectivity index (χ1v) is 8.77. The van der Waals surface area contributed by atoms with Gasteiger partial charge in [0, 0.05) is 24.9 Å². The van der Waals surface area contributed by atoms with Crippen molar-refractivity contribution in [1.82, 2.24) is 9.88 Å². The van der Waals surface area contributed by atoms with Gasteiger partial charge < -0.3 is 20.4 Å². The summed E-state index contributed by atoms with van der Waals surface area (Å²) in [5.41, 5.74) is 5.56. The number of unbranched alkanes of at least 4 members (excludes halogenated alkanes) is 1. The topological polar surface area (TPSA) is 101 Å². The van der Waals surface area contributed by atoms with Gasteiger partial charge in [0.1, 0.15) is 11.5 Å². The minimum absolute atomic E-state index is 0.0954. The van der Waals surface area contributed by atoms with Crippen LogP contribution in [-0.4, -0.2) is 34.8 Å². The van der Waals surface area contributed by atoms with Gasteiger partial charge >= 0.3 is 0 Å². The molecule has 0 unspecified atom stereocenters. The number of nitrogens with one attached hydrogen (secondary N) is 1. The van der Waals surface area contributed by atoms with Gasteiger partial charge in [0.25, 0.3) is 5.91 Å². The summed E-state index contributed by atoms with van der Waals surface area (Å²) in [5, 5.41) is 5.64. The van der Waals surface area contributed by atoms with Gasteiger partial charge in [-0.05, 0) is 18.6 Å². The molecule has 8 heteroatoms. The van der Waals surface area contributed by atoms with Crippen LogP contribution in [0.5, 0.6) is 0 Å². The van der Waals surface area contributed by atoms with Crippen molar-refractivity contribution in [1.29, 1.82) is 0 Å². The quantitative estimate of drug-likeness (QED) is 0.641. The second kappa shape index (κ2) is 9.07. The third kappa shape index (κ3) is 5.38. The number of nitrogens with two attached hydrogens (primary N) is 1. The van der Waals surface area contributed by atoms with Crippen LogP contribution in [0.25, 0.3) is 0 Å². The molecular formula is C16H22N4O3S. The fourth-order valence-electron chi connectivity index (χ4n) is 2.08. The van der Waals surface area contributed by atoms with Crippen molar-refractivity contribution >= 4 is 28.3 Å². The van der Waals surface area contributed by atoms with E-state index in [1.54, 1.807) is 23.8 Å². The lowest BCUT2D eigenvalue weighted by Crippen LogP contribution is -2.33. The number of hydrogen-bond donors (Lipinski definition) is 2. The Hall–Kier alpha value is -2.35. The molecule has 0 radical (unpaired) electrons. The summed E-state index contributed by atoms with van der Waals surface area (Å²) in [6, 6.07) is 3.54. The number of anilines is 1. The van der Waals surface area contributed by atoms with Gasteiger partial charge in [-0.15, -0.1) is 11.3 Å². The van der Waals surface area contributed by atoms with E-state index in [1.807, 2.05) is 0 Å². The van der Waals surface area contributed by atoms with Crippen LogP contribution in [0.15, 0.2) is 28.2 Å². The summed E-state index contributed by atoms with van der Waals surface area (Å²) in [4.78, 5) is 29.6. The SMILES string of the molecule is CCCCNc1nc(C(=O)N(CCC(N)=O)Cc2ccco2)cs1. The normalized spacial score (nSPS) is 10.5. The van der Waals surface area contributed by atoms with Crippen molar-refractivity contribution in [2.45, 2.75) is 32.7 Å². The molecule has 0 bridgehead atoms. The van der Waals surface area contributed by atoms with Gasteiger partial charge in [-0.2, -0.15) is 0 Å². The number of amides is 2. The van der Waals surface area contributed by atoms with Crippen LogP contribution >= 0.6 is 11.3 Å². The highest BCUT2D eigenvalue weighted by Gasteiger charge is 2.20. The Kier molecular flexibility index (Phi) is 6.80. The lowest BCUT2D eigenvalue weighted by atomic mass is 10.3. The minimum atomic E-state index is -0.451. The second-order valence-corrected chi connectivity index (χ2v) is 6.20. The van der Waals surface area contributed by atoms with Gasteiger partial charge in [-0.3, -0.25) is 9.59 Å². The van der Waals surface area contributed by atoms with Crippen molar-refractivity contribution in [2.75, 3.05) is 18.4 Å². The predicted octanol–water partition coefficient (Wildman–Crippen LogP) is 2.47. The highest BCUT2D eigenvalue weighted by molar-refractivity contribution is 7.13. The van der Waals surface area contributed by atoms with E-state index in [9.17, 15) is 9.59 Å². The molecule has 2 heterocycles. The summed E-state index contributed by atoms with van der Waals surface area (Å²) in [5.74, 6) is -0.0516. The van der Waals surface area contributed by atoms with Crippen molar-refractivity contribution in [3.63, 3.8) is 0 Å². The maximum atomic E-state index is 12.7. The van der Waals surface area contributed by atoms with Gasteiger partial charge in [-0.25, -0.2) is 4.98 Å². The number of carbonyl (C=O) groups excluding carboxylic acids is 2. The fraction of sp³-hybridized carbons (Fsp3) is 0.438. The zero-order valence-electron chi connectivity index (χ0n) is 13.7. The zero-order valence-corrected chi connectivity index (χ0v) is 14.5. The number of thiazole rings is 1. The number of hydrogen-bond acceptors (Lipinski definition) is 6. The lowest BCUT2D eigenvalue weighted by molar-refractivity contribution is -0.118. The van der Waals surface area contributed by atoms with Crippen molar-refractivity contribution < 1.29 is 14.0 Å². The van der Waals surface area contributed by atoms with Crippen LogP contribution in [0.3, 0.4) is 0 Å². The number of aromatic nitrogens is 1. The number of rotatable bonds is 10. The average Bonchev–Trinajstić information content (AvgIpc) is 3.22. The molecule has 0 saturated heterocycles. The second-order valence-electron chi connectivity index (χ2n) is 5.34. The molecule has 24 heavy (non-hydrogen) atoms. The first-order chi connectivity index (χ1) is 11.6. The Morgan fingerprint density at radius 3 is 2.96 bits per heavy atom. The highest BCUT2D eigenvalue weighted by atomic mass is 32.1. The largest absolute Gasteiger partial charge is 0.467 e. The van der Waals surface area contributed by atoms with Crippen molar-refractivity contribution in [2.24, 2.45) is 5.73 Å². The molecule has 0 fully saturated rings. The van der Waals surface area contributed by atoms with E-state index in [0.29, 0.717) is 11.5 Å². The van der Waals surface area contributed by atoms with E-state index in [1.165, 1.54) is 16.2 Å². The predicted molar refractivity (Wildman–Crippen MR) is 92.8 cm³/mol. The summed E-state index contributed by atoms with van der Waals surface area (Å²) < 4.78 is 5.29. The third-order valence-electron chi connectivity index (χ3n) is 3.37. The van der Waals surface area contributed by atoms with Crippen LogP contribution in [0.2, 0.25) is 0 Å². The molecule has 7 nitrogen and oxygen atoms in total. The van der Waals surface area contributed by atoms with E-state index in [2.05, 4.69) is 17.2 Å². The molecule has 2 amide bonds. The monoisotopic (exact) mass is 350 g/mol. The Labute approximate surface area is 144 Å². The molecule has 0 spiro atoms. The standard InChI is InChI=1S/C16H22N4O3S/c1-2-3-7-18-16-19-13(11-24-16)15(22)20(8-6-14(17)21)10-12-5-4-9-23-12/h4-5,9,11H,2-3,6-8,10H2,1H3,(H2,17,21)(H,18,19). The molecular weight excluding hydrogens is 328 g/mol. The number of furan rings is 1. The van der Waals surface area contributed by atoms with Crippen LogP contribution in [-0.2, 0) is 11.3 Å². The smallest absolute Gasteiger partial charge is 0.273 e. The molecule has 0 aliphatic heterocycles. The maximum absolute atomic E-state index is 12.7. The Bertz CT molecular complexity index is 654. The van der Waals surface area contributed by atoms with Crippen molar-refractivity contribution in [3.05, 3.63) is 35.2 Å². The molecule has 2 aromatic rings. The van der Waals surface area contributed by atoms with Crippen LogP contribution in [0, 0.1) is 0 Å². The summed E-state index contributed by atoms with van der Waals surface area (Å²) in [7, 11) is 0. The molecule has 3 N–H and O–H groups in total. The summed E-state index contributed by atoms with van der Waals surface area (Å²) in [6.45, 7) is 3.44. The lowest BCUT2D eigenvalue weighted by Gasteiger charge is -2.20. The van der Waals surface area contributed by atoms with E-state index in [4.69, 9.17) is 10.2 Å². The van der Waals surface area contributed by atoms with Gasteiger partial charge in [-0.1, -0.05) is 13.3 Å². The molecule has 0 aliphatic rings. The minimum Gasteiger partial charge on any atom is -0.467 e. The molecule has 2 rings (SSSR count). The first-order valence-electron chi connectivity index (χ1n) is 7.89. The number of primary amides is 1. The van der Waals surface area contributed by atoms with E-state index < -0.39 is 5.91 Å². The van der Waals surface area contributed by atoms with Gasteiger partial charge in [0.15, 0.2) is 5.13 Å². The van der Waals surface area contributed by atoms with Crippen LogP contribution in [0.1, 0.15) is 42.4 Å². The highest BCUT2D eigenvalue weighted by Crippen LogP contribution is 2.18. The average molecular weight is 350 g/mol. The molecule has 0 atom stereocenters. The van der Waals surface area contributed by atoms with Gasteiger partial charge in [0.05, 0.1) is 12.8 Å². The summed E-state index contributed by atoms with van der Waals surface area (Å²) >= 11 is 1.39. The van der Waals surface area contributed by atoms with Gasteiger partial charge in [0.2, 0.25) is 5.91 Å². The van der Waals surface area contributed by atoms with Crippen LogP contribution < -0.4 is 11.1 Å². The molecule has 0 saturated carbocycles. The Balaban J connectivity index is 2.04. The zero-order chi connectivity index (χ0) is 17.4. The molecule has 130 valence electrons. The van der Waals surface area contributed by atoms with Crippen molar-refractivity contribution in [3.8, 4) is 0 Å².